The number of alkyl halides is 1. The molecule has 2 aromatic rings. The Morgan fingerprint density at radius 1 is 1.03 bits per heavy atom. The van der Waals surface area contributed by atoms with Crippen LogP contribution in [0.2, 0.25) is 0 Å². The third-order valence-corrected chi connectivity index (χ3v) is 8.43. The van der Waals surface area contributed by atoms with Crippen LogP contribution >= 0.6 is 11.6 Å². The van der Waals surface area contributed by atoms with Crippen molar-refractivity contribution >= 4 is 17.6 Å². The van der Waals surface area contributed by atoms with E-state index in [1.54, 1.807) is 0 Å². The number of halogens is 1. The molecule has 2 N–H and O–H groups in total. The van der Waals surface area contributed by atoms with E-state index < -0.39 is 0 Å². The monoisotopic (exact) mass is 466 g/mol. The van der Waals surface area contributed by atoms with Crippen molar-refractivity contribution in [2.75, 3.05) is 39.4 Å². The number of piperidine rings is 1. The lowest BCUT2D eigenvalue weighted by Crippen LogP contribution is -2.56. The van der Waals surface area contributed by atoms with E-state index in [4.69, 9.17) is 16.3 Å². The zero-order valence-corrected chi connectivity index (χ0v) is 19.6. The smallest absolute Gasteiger partial charge is 0.329 e. The van der Waals surface area contributed by atoms with Crippen molar-refractivity contribution in [1.29, 1.82) is 0 Å². The molecular formula is C26H31ClN4O2. The minimum Gasteiger partial charge on any atom is -0.379 e. The van der Waals surface area contributed by atoms with E-state index in [1.165, 1.54) is 22.3 Å². The molecule has 0 aromatic heterocycles. The van der Waals surface area contributed by atoms with E-state index in [9.17, 15) is 4.79 Å². The largest absolute Gasteiger partial charge is 0.379 e. The van der Waals surface area contributed by atoms with Gasteiger partial charge in [0.25, 0.3) is 0 Å². The van der Waals surface area contributed by atoms with Gasteiger partial charge in [-0.05, 0) is 41.5 Å². The van der Waals surface area contributed by atoms with Crippen molar-refractivity contribution < 1.29 is 9.53 Å². The Morgan fingerprint density at radius 2 is 1.70 bits per heavy atom. The molecule has 0 radical (unpaired) electrons. The highest BCUT2D eigenvalue weighted by molar-refractivity contribution is 6.20. The number of rotatable bonds is 4. The lowest BCUT2D eigenvalue weighted by Gasteiger charge is -2.42. The summed E-state index contributed by atoms with van der Waals surface area (Å²) >= 11 is 6.95. The van der Waals surface area contributed by atoms with E-state index in [0.717, 1.165) is 45.4 Å². The second-order valence-corrected chi connectivity index (χ2v) is 10.3. The molecule has 174 valence electrons. The molecule has 4 aliphatic rings. The van der Waals surface area contributed by atoms with Gasteiger partial charge in [-0.3, -0.25) is 10.3 Å². The molecule has 2 atom stereocenters. The van der Waals surface area contributed by atoms with Crippen LogP contribution in [0.4, 0.5) is 4.79 Å². The summed E-state index contributed by atoms with van der Waals surface area (Å²) in [6.45, 7) is 4.55. The van der Waals surface area contributed by atoms with Gasteiger partial charge in [-0.25, -0.2) is 9.80 Å². The van der Waals surface area contributed by atoms with Crippen LogP contribution in [0, 0.1) is 0 Å². The number of carbonyl (C=O) groups excluding carboxylic acids is 1. The maximum Gasteiger partial charge on any atom is 0.329 e. The highest BCUT2D eigenvalue weighted by Gasteiger charge is 2.53. The number of hydrazine groups is 1. The number of amides is 2. The van der Waals surface area contributed by atoms with Gasteiger partial charge < -0.3 is 10.1 Å². The molecule has 2 saturated heterocycles. The summed E-state index contributed by atoms with van der Waals surface area (Å²) in [6, 6.07) is 17.9. The number of nitrogens with zero attached hydrogens (tertiary/aromatic N) is 2. The zero-order chi connectivity index (χ0) is 22.4. The third-order valence-electron chi connectivity index (χ3n) is 7.98. The van der Waals surface area contributed by atoms with Crippen molar-refractivity contribution in [3.63, 3.8) is 0 Å². The number of ether oxygens (including phenoxy) is 1. The predicted molar refractivity (Wildman–Crippen MR) is 128 cm³/mol. The molecule has 2 aliphatic heterocycles. The van der Waals surface area contributed by atoms with Crippen molar-refractivity contribution in [1.82, 2.24) is 20.7 Å². The molecule has 2 heterocycles. The molecule has 0 saturated carbocycles. The third kappa shape index (κ3) is 3.73. The first kappa shape index (κ1) is 21.4. The number of benzene rings is 2. The van der Waals surface area contributed by atoms with Crippen molar-refractivity contribution in [3.8, 4) is 0 Å². The Labute approximate surface area is 200 Å². The van der Waals surface area contributed by atoms with Gasteiger partial charge in [-0.2, -0.15) is 0 Å². The fourth-order valence-corrected chi connectivity index (χ4v) is 6.85. The lowest BCUT2D eigenvalue weighted by molar-refractivity contribution is 0.0190. The van der Waals surface area contributed by atoms with Crippen LogP contribution in [0.25, 0.3) is 0 Å². The number of hydrogen-bond acceptors (Lipinski definition) is 4. The summed E-state index contributed by atoms with van der Waals surface area (Å²) in [5, 5.41) is 5.04. The van der Waals surface area contributed by atoms with Gasteiger partial charge >= 0.3 is 6.03 Å². The zero-order valence-electron chi connectivity index (χ0n) is 18.8. The SMILES string of the molecule is O=C(NC1CCN(C[C@]23C[C@@H](c4ccccc42)c2ccccc23)C(Cl)C1)NN1CCOCC1. The van der Waals surface area contributed by atoms with Crippen molar-refractivity contribution in [2.24, 2.45) is 0 Å². The molecule has 2 fully saturated rings. The number of nitrogens with one attached hydrogen (secondary N) is 2. The lowest BCUT2D eigenvalue weighted by atomic mass is 9.74. The van der Waals surface area contributed by atoms with Gasteiger partial charge in [-0.15, -0.1) is 11.6 Å². The van der Waals surface area contributed by atoms with E-state index in [2.05, 4.69) is 64.2 Å². The minimum absolute atomic E-state index is 0.0129. The molecule has 2 aromatic carbocycles. The molecular weight excluding hydrogens is 436 g/mol. The maximum absolute atomic E-state index is 12.5. The summed E-state index contributed by atoms with van der Waals surface area (Å²) < 4.78 is 5.34. The Morgan fingerprint density at radius 3 is 2.36 bits per heavy atom. The molecule has 2 amide bonds. The Balaban J connectivity index is 1.14. The second-order valence-electron chi connectivity index (χ2n) is 9.82. The van der Waals surface area contributed by atoms with Crippen molar-refractivity contribution in [3.05, 3.63) is 70.8 Å². The minimum atomic E-state index is -0.143. The van der Waals surface area contributed by atoms with E-state index in [1.807, 2.05) is 5.01 Å². The standard InChI is InChI=1S/C26H31ClN4O2/c27-24-15-18(28-25(32)29-31-11-13-33-14-12-31)9-10-30(24)17-26-16-21(19-5-1-3-7-22(19)26)20-6-2-4-8-23(20)26/h1-8,18,21,24H,9-17H2,(H2,28,29,32)/t18?,21-,24?,26+. The first-order valence-electron chi connectivity index (χ1n) is 12.1. The Hall–Kier alpha value is -2.12. The number of urea groups is 1. The van der Waals surface area contributed by atoms with E-state index in [0.29, 0.717) is 19.1 Å². The van der Waals surface area contributed by atoms with Crippen LogP contribution in [0.3, 0.4) is 0 Å². The van der Waals surface area contributed by atoms with Crippen LogP contribution in [0.5, 0.6) is 0 Å². The molecule has 7 heteroatoms. The molecule has 6 nitrogen and oxygen atoms in total. The van der Waals surface area contributed by atoms with Gasteiger partial charge in [-0.1, -0.05) is 48.5 Å². The van der Waals surface area contributed by atoms with E-state index in [-0.39, 0.29) is 23.0 Å². The summed E-state index contributed by atoms with van der Waals surface area (Å²) in [6.07, 6.45) is 2.79. The Bertz CT molecular complexity index is 993. The van der Waals surface area contributed by atoms with E-state index >= 15 is 0 Å². The fourth-order valence-electron chi connectivity index (χ4n) is 6.46. The molecule has 33 heavy (non-hydrogen) atoms. The van der Waals surface area contributed by atoms with Crippen LogP contribution in [0.15, 0.2) is 48.5 Å². The number of likely N-dealkylation sites (tertiary alicyclic amines) is 1. The van der Waals surface area contributed by atoms with Gasteiger partial charge in [0.05, 0.1) is 18.7 Å². The number of morpholine rings is 1. The predicted octanol–water partition coefficient (Wildman–Crippen LogP) is 3.40. The molecule has 0 spiro atoms. The number of hydrogen-bond donors (Lipinski definition) is 2. The maximum atomic E-state index is 12.5. The quantitative estimate of drug-likeness (QED) is 0.535. The Kier molecular flexibility index (Phi) is 5.57. The van der Waals surface area contributed by atoms with Crippen LogP contribution in [-0.4, -0.2) is 66.9 Å². The number of fused-ring (bicyclic) bond motifs is 8. The van der Waals surface area contributed by atoms with Gasteiger partial charge in [0, 0.05) is 43.6 Å². The topological polar surface area (TPSA) is 56.8 Å². The fraction of sp³-hybridized carbons (Fsp3) is 0.500. The number of carbonyl (C=O) groups is 1. The van der Waals surface area contributed by atoms with Crippen LogP contribution < -0.4 is 10.7 Å². The van der Waals surface area contributed by atoms with Crippen LogP contribution in [0.1, 0.15) is 47.4 Å². The van der Waals surface area contributed by atoms with Crippen molar-refractivity contribution in [2.45, 2.75) is 42.1 Å². The first-order valence-corrected chi connectivity index (χ1v) is 12.5. The molecule has 6 rings (SSSR count). The van der Waals surface area contributed by atoms with Gasteiger partial charge in [0.2, 0.25) is 0 Å². The summed E-state index contributed by atoms with van der Waals surface area (Å²) in [4.78, 5) is 14.9. The molecule has 2 bridgehead atoms. The second kappa shape index (κ2) is 8.58. The average Bonchev–Trinajstić information content (AvgIpc) is 3.34. The highest BCUT2D eigenvalue weighted by atomic mass is 35.5. The summed E-state index contributed by atoms with van der Waals surface area (Å²) in [5.74, 6) is 0.495. The van der Waals surface area contributed by atoms with Gasteiger partial charge in [0.1, 0.15) is 0 Å². The first-order chi connectivity index (χ1) is 16.1. The highest BCUT2D eigenvalue weighted by Crippen LogP contribution is 2.60. The average molecular weight is 467 g/mol. The molecule has 2 unspecified atom stereocenters. The summed E-state index contributed by atoms with van der Waals surface area (Å²) in [7, 11) is 0. The van der Waals surface area contributed by atoms with Gasteiger partial charge in [0.15, 0.2) is 0 Å². The normalized spacial score (nSPS) is 31.1. The van der Waals surface area contributed by atoms with Crippen LogP contribution in [-0.2, 0) is 10.2 Å². The molecule has 2 aliphatic carbocycles. The summed E-state index contributed by atoms with van der Waals surface area (Å²) in [5.41, 5.74) is 8.78.